The Morgan fingerprint density at radius 1 is 0.909 bits per heavy atom. The number of hydrogen-bond acceptors (Lipinski definition) is 9. The fourth-order valence-electron chi connectivity index (χ4n) is 3.13. The van der Waals surface area contributed by atoms with Gasteiger partial charge in [0, 0.05) is 19.4 Å². The van der Waals surface area contributed by atoms with Crippen molar-refractivity contribution in [2.24, 2.45) is 0 Å². The zero-order chi connectivity index (χ0) is 23.7. The van der Waals surface area contributed by atoms with E-state index in [9.17, 15) is 19.2 Å². The molecule has 2 rings (SSSR count). The topological polar surface area (TPSA) is 130 Å². The third-order valence-electron chi connectivity index (χ3n) is 4.88. The lowest BCUT2D eigenvalue weighted by Crippen LogP contribution is -2.32. The highest BCUT2D eigenvalue weighted by Gasteiger charge is 2.32. The van der Waals surface area contributed by atoms with Crippen LogP contribution in [0.3, 0.4) is 0 Å². The molecule has 33 heavy (non-hydrogen) atoms. The molecule has 0 bridgehead atoms. The quantitative estimate of drug-likeness (QED) is 0.229. The number of ether oxygens (including phenoxy) is 4. The minimum atomic E-state index is -0.702. The second-order valence-corrected chi connectivity index (χ2v) is 7.57. The number of alkyl carbamates (subject to hydrolysis) is 1. The first-order valence-corrected chi connectivity index (χ1v) is 11.5. The molecule has 1 heterocycles. The normalized spacial score (nSPS) is 19.6. The number of imide groups is 1. The van der Waals surface area contributed by atoms with Gasteiger partial charge in [-0.3, -0.25) is 9.59 Å². The highest BCUT2D eigenvalue weighted by atomic mass is 16.7. The fourth-order valence-corrected chi connectivity index (χ4v) is 3.13. The summed E-state index contributed by atoms with van der Waals surface area (Å²) in [4.78, 5) is 50.8. The summed E-state index contributed by atoms with van der Waals surface area (Å²) in [5.41, 5.74) is 0. The van der Waals surface area contributed by atoms with Crippen LogP contribution in [-0.2, 0) is 38.2 Å². The van der Waals surface area contributed by atoms with Gasteiger partial charge in [-0.25, -0.2) is 9.59 Å². The molecule has 1 N–H and O–H groups in total. The number of hydroxylamine groups is 2. The van der Waals surface area contributed by atoms with E-state index in [1.54, 1.807) is 0 Å². The number of allylic oxidation sites excluding steroid dienone is 1. The van der Waals surface area contributed by atoms with Crippen LogP contribution in [-0.4, -0.2) is 81.2 Å². The number of nitrogens with zero attached hydrogens (tertiary/aromatic N) is 1. The molecule has 1 saturated heterocycles. The van der Waals surface area contributed by atoms with Crippen molar-refractivity contribution in [3.63, 3.8) is 0 Å². The molecule has 0 unspecified atom stereocenters. The number of nitrogens with one attached hydrogen (secondary N) is 1. The smallest absolute Gasteiger partial charge is 0.407 e. The third kappa shape index (κ3) is 11.8. The van der Waals surface area contributed by atoms with Crippen LogP contribution < -0.4 is 5.32 Å². The highest BCUT2D eigenvalue weighted by Crippen LogP contribution is 2.14. The SMILES string of the molecule is O=C(CCOCCOCCOCCNC(=O)O[C@@H]1/C=C/CCCCC1)ON1C(=O)CCC1=O. The maximum atomic E-state index is 11.8. The maximum Gasteiger partial charge on any atom is 0.407 e. The van der Waals surface area contributed by atoms with Gasteiger partial charge in [0.1, 0.15) is 6.10 Å². The zero-order valence-electron chi connectivity index (χ0n) is 19.0. The lowest BCUT2D eigenvalue weighted by atomic mass is 10.0. The maximum absolute atomic E-state index is 11.8. The van der Waals surface area contributed by atoms with Crippen molar-refractivity contribution in [1.29, 1.82) is 0 Å². The van der Waals surface area contributed by atoms with Gasteiger partial charge in [0.25, 0.3) is 11.8 Å². The first-order chi connectivity index (χ1) is 16.1. The van der Waals surface area contributed by atoms with Crippen LogP contribution in [0.25, 0.3) is 0 Å². The standard InChI is InChI=1S/C22H34N2O9/c25-19-8-9-20(26)24(19)33-21(27)10-12-29-14-16-31-17-15-30-13-11-23-22(28)32-18-6-4-2-1-3-5-7-18/h4,6,18H,1-3,5,7-17H2,(H,23,28)/b6-4+/t18-/m1/s1. The Balaban J connectivity index is 1.34. The second kappa shape index (κ2) is 16.2. The molecule has 1 atom stereocenters. The first-order valence-electron chi connectivity index (χ1n) is 11.5. The van der Waals surface area contributed by atoms with Crippen LogP contribution in [0, 0.1) is 0 Å². The monoisotopic (exact) mass is 470 g/mol. The van der Waals surface area contributed by atoms with Crippen LogP contribution in [0.2, 0.25) is 0 Å². The summed E-state index contributed by atoms with van der Waals surface area (Å²) in [5, 5.41) is 3.18. The third-order valence-corrected chi connectivity index (χ3v) is 4.88. The van der Waals surface area contributed by atoms with Gasteiger partial charge in [-0.2, -0.15) is 0 Å². The van der Waals surface area contributed by atoms with Crippen LogP contribution in [0.1, 0.15) is 51.4 Å². The average molecular weight is 471 g/mol. The molecule has 0 radical (unpaired) electrons. The molecular formula is C22H34N2O9. The molecule has 1 aliphatic heterocycles. The fraction of sp³-hybridized carbons (Fsp3) is 0.727. The van der Waals surface area contributed by atoms with E-state index in [0.717, 1.165) is 25.7 Å². The van der Waals surface area contributed by atoms with Crippen molar-refractivity contribution in [2.45, 2.75) is 57.5 Å². The molecule has 11 heteroatoms. The lowest BCUT2D eigenvalue weighted by molar-refractivity contribution is -0.198. The highest BCUT2D eigenvalue weighted by molar-refractivity contribution is 6.01. The van der Waals surface area contributed by atoms with Gasteiger partial charge in [-0.05, 0) is 31.8 Å². The number of amides is 3. The molecule has 0 aromatic heterocycles. The largest absolute Gasteiger partial charge is 0.442 e. The van der Waals surface area contributed by atoms with E-state index in [1.807, 2.05) is 6.08 Å². The van der Waals surface area contributed by atoms with E-state index >= 15 is 0 Å². The first kappa shape index (κ1) is 26.7. The predicted molar refractivity (Wildman–Crippen MR) is 115 cm³/mol. The van der Waals surface area contributed by atoms with E-state index in [0.29, 0.717) is 38.0 Å². The molecule has 2 aliphatic rings. The molecule has 0 aromatic rings. The van der Waals surface area contributed by atoms with E-state index in [1.165, 1.54) is 6.42 Å². The van der Waals surface area contributed by atoms with Gasteiger partial charge in [0.2, 0.25) is 0 Å². The predicted octanol–water partition coefficient (Wildman–Crippen LogP) is 1.65. The Morgan fingerprint density at radius 2 is 1.58 bits per heavy atom. The molecule has 0 aromatic carbocycles. The number of carbonyl (C=O) groups is 4. The molecule has 0 saturated carbocycles. The summed E-state index contributed by atoms with van der Waals surface area (Å²) in [5.74, 6) is -1.72. The van der Waals surface area contributed by atoms with Gasteiger partial charge >= 0.3 is 12.1 Å². The van der Waals surface area contributed by atoms with E-state index in [2.05, 4.69) is 11.4 Å². The number of carbonyl (C=O) groups excluding carboxylic acids is 4. The van der Waals surface area contributed by atoms with Crippen molar-refractivity contribution in [1.82, 2.24) is 10.4 Å². The van der Waals surface area contributed by atoms with Gasteiger partial charge in [-0.1, -0.05) is 12.5 Å². The van der Waals surface area contributed by atoms with Gasteiger partial charge < -0.3 is 29.1 Å². The van der Waals surface area contributed by atoms with Gasteiger partial charge in [0.05, 0.1) is 46.1 Å². The molecule has 0 spiro atoms. The van der Waals surface area contributed by atoms with Crippen LogP contribution in [0.15, 0.2) is 12.2 Å². The minimum absolute atomic E-state index is 0.0605. The van der Waals surface area contributed by atoms with E-state index in [4.69, 9.17) is 23.8 Å². The summed E-state index contributed by atoms with van der Waals surface area (Å²) >= 11 is 0. The Hall–Kier alpha value is -2.50. The Bertz CT molecular complexity index is 652. The molecule has 11 nitrogen and oxygen atoms in total. The number of hydrogen-bond donors (Lipinski definition) is 1. The molecule has 1 fully saturated rings. The lowest BCUT2D eigenvalue weighted by Gasteiger charge is -2.16. The second-order valence-electron chi connectivity index (χ2n) is 7.57. The average Bonchev–Trinajstić information content (AvgIpc) is 3.08. The van der Waals surface area contributed by atoms with Crippen LogP contribution in [0.5, 0.6) is 0 Å². The van der Waals surface area contributed by atoms with Crippen molar-refractivity contribution in [2.75, 3.05) is 46.2 Å². The van der Waals surface area contributed by atoms with Crippen LogP contribution in [0.4, 0.5) is 4.79 Å². The summed E-state index contributed by atoms with van der Waals surface area (Å²) in [6, 6.07) is 0. The summed E-state index contributed by atoms with van der Waals surface area (Å²) in [7, 11) is 0. The van der Waals surface area contributed by atoms with E-state index < -0.39 is 23.9 Å². The Labute approximate surface area is 193 Å². The molecule has 186 valence electrons. The summed E-state index contributed by atoms with van der Waals surface area (Å²) in [6.45, 7) is 2.11. The minimum Gasteiger partial charge on any atom is -0.442 e. The molecular weight excluding hydrogens is 436 g/mol. The van der Waals surface area contributed by atoms with Crippen LogP contribution >= 0.6 is 0 Å². The van der Waals surface area contributed by atoms with Crippen molar-refractivity contribution < 1.29 is 43.0 Å². The summed E-state index contributed by atoms with van der Waals surface area (Å²) in [6.07, 6.45) is 8.77. The van der Waals surface area contributed by atoms with Crippen molar-refractivity contribution >= 4 is 23.9 Å². The zero-order valence-corrected chi connectivity index (χ0v) is 19.0. The summed E-state index contributed by atoms with van der Waals surface area (Å²) < 4.78 is 21.4. The van der Waals surface area contributed by atoms with E-state index in [-0.39, 0.29) is 38.6 Å². The molecule has 3 amide bonds. The van der Waals surface area contributed by atoms with Crippen molar-refractivity contribution in [3.8, 4) is 0 Å². The molecule has 1 aliphatic carbocycles. The Kier molecular flexibility index (Phi) is 13.1. The Morgan fingerprint density at radius 3 is 2.30 bits per heavy atom. The van der Waals surface area contributed by atoms with Gasteiger partial charge in [-0.15, -0.1) is 5.06 Å². The van der Waals surface area contributed by atoms with Gasteiger partial charge in [0.15, 0.2) is 0 Å². The van der Waals surface area contributed by atoms with Crippen molar-refractivity contribution in [3.05, 3.63) is 12.2 Å². The number of rotatable bonds is 14.